The van der Waals surface area contributed by atoms with Crippen molar-refractivity contribution in [3.63, 3.8) is 0 Å². The van der Waals surface area contributed by atoms with Crippen molar-refractivity contribution >= 4 is 23.4 Å². The first-order valence-electron chi connectivity index (χ1n) is 4.02. The van der Waals surface area contributed by atoms with Crippen molar-refractivity contribution in [3.05, 3.63) is 29.2 Å². The summed E-state index contributed by atoms with van der Waals surface area (Å²) in [6.07, 6.45) is 0.850. The second kappa shape index (κ2) is 3.31. The number of imidazole rings is 1. The summed E-state index contributed by atoms with van der Waals surface area (Å²) in [6, 6.07) is 4.91. The number of fused-ring (bicyclic) bond motifs is 1. The smallest absolute Gasteiger partial charge is 0.197 e. The minimum Gasteiger partial charge on any atom is -0.494 e. The van der Waals surface area contributed by atoms with Crippen molar-refractivity contribution in [3.8, 4) is 5.88 Å². The van der Waals surface area contributed by atoms with Crippen LogP contribution in [0.25, 0.3) is 5.52 Å². The molecule has 72 valence electrons. The van der Waals surface area contributed by atoms with Gasteiger partial charge >= 0.3 is 0 Å². The topological polar surface area (TPSA) is 54.6 Å². The molecule has 0 bridgehead atoms. The molecule has 14 heavy (non-hydrogen) atoms. The molecular formula is C9H7ClN2O2. The number of halogens is 1. The largest absolute Gasteiger partial charge is 0.494 e. The molecule has 0 aromatic carbocycles. The molecule has 0 atom stereocenters. The lowest BCUT2D eigenvalue weighted by atomic mass is 10.4. The molecule has 0 amide bonds. The number of rotatable bonds is 2. The third-order valence-electron chi connectivity index (χ3n) is 1.93. The molecule has 0 aliphatic heterocycles. The van der Waals surface area contributed by atoms with Crippen molar-refractivity contribution in [2.24, 2.45) is 0 Å². The fourth-order valence-corrected chi connectivity index (χ4v) is 1.61. The van der Waals surface area contributed by atoms with E-state index in [-0.39, 0.29) is 17.5 Å². The molecule has 0 aliphatic rings. The van der Waals surface area contributed by atoms with Gasteiger partial charge in [-0.3, -0.25) is 4.40 Å². The molecule has 0 saturated carbocycles. The molecule has 0 saturated heterocycles. The number of aromatic nitrogens is 2. The molecular weight excluding hydrogens is 204 g/mol. The summed E-state index contributed by atoms with van der Waals surface area (Å²) in [5.41, 5.74) is 0.600. The van der Waals surface area contributed by atoms with Crippen LogP contribution >= 0.6 is 11.6 Å². The molecule has 2 aromatic heterocycles. The Labute approximate surface area is 84.8 Å². The minimum absolute atomic E-state index is 0.0266. The SMILES string of the molecule is O=CCc1nc(Cl)c2cccc(O)n12. The van der Waals surface area contributed by atoms with Crippen LogP contribution in [0.4, 0.5) is 0 Å². The average Bonchev–Trinajstić information content (AvgIpc) is 2.46. The number of pyridine rings is 1. The molecule has 5 heteroatoms. The zero-order chi connectivity index (χ0) is 10.1. The predicted molar refractivity (Wildman–Crippen MR) is 51.6 cm³/mol. The highest BCUT2D eigenvalue weighted by molar-refractivity contribution is 6.32. The van der Waals surface area contributed by atoms with Crippen molar-refractivity contribution in [2.75, 3.05) is 0 Å². The molecule has 0 spiro atoms. The lowest BCUT2D eigenvalue weighted by Gasteiger charge is -1.99. The van der Waals surface area contributed by atoms with Crippen LogP contribution in [0, 0.1) is 0 Å². The van der Waals surface area contributed by atoms with Crippen LogP contribution < -0.4 is 0 Å². The highest BCUT2D eigenvalue weighted by Crippen LogP contribution is 2.23. The van der Waals surface area contributed by atoms with Gasteiger partial charge in [0.15, 0.2) is 11.0 Å². The van der Waals surface area contributed by atoms with E-state index < -0.39 is 0 Å². The third-order valence-corrected chi connectivity index (χ3v) is 2.21. The Balaban J connectivity index is 2.78. The van der Waals surface area contributed by atoms with Crippen LogP contribution in [-0.4, -0.2) is 20.8 Å². The van der Waals surface area contributed by atoms with Gasteiger partial charge in [-0.2, -0.15) is 0 Å². The van der Waals surface area contributed by atoms with Gasteiger partial charge in [0.25, 0.3) is 0 Å². The number of hydrogen-bond donors (Lipinski definition) is 1. The van der Waals surface area contributed by atoms with Crippen LogP contribution in [0.2, 0.25) is 5.15 Å². The Bertz CT molecular complexity index is 493. The van der Waals surface area contributed by atoms with Gasteiger partial charge in [-0.1, -0.05) is 17.7 Å². The quantitative estimate of drug-likeness (QED) is 0.763. The number of nitrogens with zero attached hydrogens (tertiary/aromatic N) is 2. The van der Waals surface area contributed by atoms with E-state index >= 15 is 0 Å². The van der Waals surface area contributed by atoms with E-state index in [1.165, 1.54) is 10.5 Å². The fourth-order valence-electron chi connectivity index (χ4n) is 1.36. The molecule has 0 fully saturated rings. The summed E-state index contributed by atoms with van der Waals surface area (Å²) < 4.78 is 1.46. The molecule has 0 unspecified atom stereocenters. The predicted octanol–water partition coefficient (Wildman–Crippen LogP) is 1.43. The summed E-state index contributed by atoms with van der Waals surface area (Å²) in [6.45, 7) is 0. The van der Waals surface area contributed by atoms with E-state index in [9.17, 15) is 9.90 Å². The van der Waals surface area contributed by atoms with Gasteiger partial charge in [0.2, 0.25) is 0 Å². The number of carbonyl (C=O) groups is 1. The Morgan fingerprint density at radius 1 is 1.57 bits per heavy atom. The normalized spacial score (nSPS) is 10.6. The van der Waals surface area contributed by atoms with Crippen LogP contribution in [0.5, 0.6) is 5.88 Å². The molecule has 1 N–H and O–H groups in total. The molecule has 2 aromatic rings. The summed E-state index contributed by atoms with van der Waals surface area (Å²) in [5.74, 6) is 0.469. The van der Waals surface area contributed by atoms with Crippen LogP contribution in [0.3, 0.4) is 0 Å². The second-order valence-corrected chi connectivity index (χ2v) is 3.15. The Kier molecular flexibility index (Phi) is 2.13. The van der Waals surface area contributed by atoms with E-state index in [0.29, 0.717) is 11.3 Å². The van der Waals surface area contributed by atoms with Crippen LogP contribution in [0.15, 0.2) is 18.2 Å². The van der Waals surface area contributed by atoms with Crippen molar-refractivity contribution in [1.29, 1.82) is 0 Å². The highest BCUT2D eigenvalue weighted by Gasteiger charge is 2.10. The number of aldehydes is 1. The summed E-state index contributed by atoms with van der Waals surface area (Å²) in [5, 5.41) is 9.83. The molecule has 0 aliphatic carbocycles. The monoisotopic (exact) mass is 210 g/mol. The van der Waals surface area contributed by atoms with Gasteiger partial charge in [0.1, 0.15) is 12.1 Å². The number of carbonyl (C=O) groups excluding carboxylic acids is 1. The van der Waals surface area contributed by atoms with Gasteiger partial charge in [0, 0.05) is 0 Å². The summed E-state index contributed by atoms with van der Waals surface area (Å²) in [4.78, 5) is 14.3. The first-order chi connectivity index (χ1) is 6.74. The zero-order valence-electron chi connectivity index (χ0n) is 7.14. The highest BCUT2D eigenvalue weighted by atomic mass is 35.5. The molecule has 2 heterocycles. The summed E-state index contributed by atoms with van der Waals surface area (Å²) in [7, 11) is 0. The van der Waals surface area contributed by atoms with Gasteiger partial charge in [0.05, 0.1) is 11.9 Å². The maximum absolute atomic E-state index is 10.4. The van der Waals surface area contributed by atoms with Gasteiger partial charge in [-0.15, -0.1) is 0 Å². The van der Waals surface area contributed by atoms with E-state index in [0.717, 1.165) is 6.29 Å². The zero-order valence-corrected chi connectivity index (χ0v) is 7.90. The fraction of sp³-hybridized carbons (Fsp3) is 0.111. The first-order valence-corrected chi connectivity index (χ1v) is 4.40. The Hall–Kier alpha value is -1.55. The van der Waals surface area contributed by atoms with Crippen molar-refractivity contribution < 1.29 is 9.90 Å². The van der Waals surface area contributed by atoms with E-state index in [4.69, 9.17) is 11.6 Å². The maximum Gasteiger partial charge on any atom is 0.197 e. The minimum atomic E-state index is 0.0266. The van der Waals surface area contributed by atoms with Gasteiger partial charge in [-0.05, 0) is 12.1 Å². The Morgan fingerprint density at radius 3 is 3.07 bits per heavy atom. The molecule has 0 radical (unpaired) electrons. The van der Waals surface area contributed by atoms with Crippen molar-refractivity contribution in [2.45, 2.75) is 6.42 Å². The lowest BCUT2D eigenvalue weighted by molar-refractivity contribution is -0.107. The second-order valence-electron chi connectivity index (χ2n) is 2.79. The molecule has 2 rings (SSSR count). The third kappa shape index (κ3) is 1.24. The average molecular weight is 211 g/mol. The Morgan fingerprint density at radius 2 is 2.36 bits per heavy atom. The van der Waals surface area contributed by atoms with E-state index in [2.05, 4.69) is 4.98 Å². The standard InChI is InChI=1S/C9H7ClN2O2/c10-9-6-2-1-3-8(14)12(6)7(11-9)4-5-13/h1-3,5,14H,4H2. The molecule has 4 nitrogen and oxygen atoms in total. The van der Waals surface area contributed by atoms with E-state index in [1.807, 2.05) is 0 Å². The number of hydrogen-bond acceptors (Lipinski definition) is 3. The first kappa shape index (κ1) is 9.02. The van der Waals surface area contributed by atoms with Gasteiger partial charge in [-0.25, -0.2) is 4.98 Å². The number of aromatic hydroxyl groups is 1. The van der Waals surface area contributed by atoms with Gasteiger partial charge < -0.3 is 9.90 Å². The summed E-state index contributed by atoms with van der Waals surface area (Å²) >= 11 is 5.83. The van der Waals surface area contributed by atoms with Crippen LogP contribution in [0.1, 0.15) is 5.82 Å². The van der Waals surface area contributed by atoms with Crippen molar-refractivity contribution in [1.82, 2.24) is 9.38 Å². The maximum atomic E-state index is 10.4. The lowest BCUT2D eigenvalue weighted by Crippen LogP contribution is -1.95. The van der Waals surface area contributed by atoms with Crippen LogP contribution in [-0.2, 0) is 11.2 Å². The van der Waals surface area contributed by atoms with E-state index in [1.54, 1.807) is 12.1 Å².